The minimum atomic E-state index is -0.213. The zero-order chi connectivity index (χ0) is 19.9. The molecule has 1 fully saturated rings. The summed E-state index contributed by atoms with van der Waals surface area (Å²) in [5.41, 5.74) is 3.62. The molecule has 1 aromatic heterocycles. The van der Waals surface area contributed by atoms with Gasteiger partial charge in [-0.1, -0.05) is 0 Å². The monoisotopic (exact) mass is 383 g/mol. The molecular weight excluding hydrogens is 354 g/mol. The van der Waals surface area contributed by atoms with E-state index in [9.17, 15) is 4.79 Å². The normalized spacial score (nSPS) is 16.0. The van der Waals surface area contributed by atoms with E-state index in [4.69, 9.17) is 4.74 Å². The number of amides is 1. The van der Waals surface area contributed by atoms with Crippen LogP contribution in [0.3, 0.4) is 0 Å². The fourth-order valence-corrected chi connectivity index (χ4v) is 3.36. The van der Waals surface area contributed by atoms with E-state index in [1.807, 2.05) is 6.07 Å². The van der Waals surface area contributed by atoms with Crippen LogP contribution in [0, 0.1) is 6.92 Å². The average molecular weight is 383 g/mol. The van der Waals surface area contributed by atoms with E-state index < -0.39 is 0 Å². The number of nitrogens with one attached hydrogen (secondary N) is 2. The standard InChI is InChI=1S/C21H29N5O2/c1-4-26(5-2)16-8-9-18(15(3)11-16)25-20-12-19(23-14-24-20)21(27)22-13-17-7-6-10-28-17/h8-9,11-12,14,17H,4-7,10,13H2,1-3H3,(H,22,27)(H,23,24,25). The molecular formula is C21H29N5O2. The molecule has 0 spiro atoms. The SMILES string of the molecule is CCN(CC)c1ccc(Nc2cc(C(=O)NCC3CCCO3)ncn2)c(C)c1. The van der Waals surface area contributed by atoms with Gasteiger partial charge in [-0.2, -0.15) is 0 Å². The summed E-state index contributed by atoms with van der Waals surface area (Å²) >= 11 is 0. The molecule has 150 valence electrons. The van der Waals surface area contributed by atoms with Crippen LogP contribution in [0.1, 0.15) is 42.7 Å². The second-order valence-corrected chi connectivity index (χ2v) is 6.93. The van der Waals surface area contributed by atoms with Crippen molar-refractivity contribution in [1.82, 2.24) is 15.3 Å². The quantitative estimate of drug-likeness (QED) is 0.728. The first-order valence-corrected chi connectivity index (χ1v) is 9.95. The Morgan fingerprint density at radius 1 is 1.25 bits per heavy atom. The third-order valence-corrected chi connectivity index (χ3v) is 5.02. The highest BCUT2D eigenvalue weighted by Gasteiger charge is 2.17. The van der Waals surface area contributed by atoms with Crippen LogP contribution >= 0.6 is 0 Å². The van der Waals surface area contributed by atoms with Gasteiger partial charge in [-0.25, -0.2) is 9.97 Å². The molecule has 1 atom stereocenters. The topological polar surface area (TPSA) is 79.4 Å². The minimum absolute atomic E-state index is 0.107. The van der Waals surface area contributed by atoms with Gasteiger partial charge >= 0.3 is 0 Å². The predicted octanol–water partition coefficient (Wildman–Crippen LogP) is 3.28. The Hall–Kier alpha value is -2.67. The molecule has 1 amide bonds. The lowest BCUT2D eigenvalue weighted by Crippen LogP contribution is -2.32. The van der Waals surface area contributed by atoms with Crippen molar-refractivity contribution in [2.75, 3.05) is 36.5 Å². The van der Waals surface area contributed by atoms with E-state index in [-0.39, 0.29) is 12.0 Å². The molecule has 1 saturated heterocycles. The maximum atomic E-state index is 12.4. The average Bonchev–Trinajstić information content (AvgIpc) is 3.23. The van der Waals surface area contributed by atoms with Gasteiger partial charge in [0.1, 0.15) is 17.8 Å². The summed E-state index contributed by atoms with van der Waals surface area (Å²) in [4.78, 5) is 23.0. The Morgan fingerprint density at radius 3 is 2.75 bits per heavy atom. The molecule has 0 bridgehead atoms. The van der Waals surface area contributed by atoms with Gasteiger partial charge in [0.15, 0.2) is 0 Å². The summed E-state index contributed by atoms with van der Waals surface area (Å²) in [7, 11) is 0. The Kier molecular flexibility index (Phi) is 6.81. The lowest BCUT2D eigenvalue weighted by Gasteiger charge is -2.22. The molecule has 0 radical (unpaired) electrons. The maximum Gasteiger partial charge on any atom is 0.270 e. The molecule has 1 aromatic carbocycles. The third-order valence-electron chi connectivity index (χ3n) is 5.02. The van der Waals surface area contributed by atoms with Gasteiger partial charge in [-0.05, 0) is 57.4 Å². The first-order valence-electron chi connectivity index (χ1n) is 9.95. The van der Waals surface area contributed by atoms with Crippen molar-refractivity contribution in [3.8, 4) is 0 Å². The van der Waals surface area contributed by atoms with Crippen LogP contribution in [0.25, 0.3) is 0 Å². The summed E-state index contributed by atoms with van der Waals surface area (Å²) in [6.45, 7) is 9.59. The van der Waals surface area contributed by atoms with E-state index in [2.05, 4.69) is 58.4 Å². The smallest absolute Gasteiger partial charge is 0.270 e. The zero-order valence-electron chi connectivity index (χ0n) is 16.9. The number of hydrogen-bond acceptors (Lipinski definition) is 6. The molecule has 0 aliphatic carbocycles. The molecule has 2 heterocycles. The van der Waals surface area contributed by atoms with Crippen molar-refractivity contribution in [2.24, 2.45) is 0 Å². The van der Waals surface area contributed by atoms with Crippen LogP contribution in [0.4, 0.5) is 17.2 Å². The summed E-state index contributed by atoms with van der Waals surface area (Å²) < 4.78 is 5.53. The van der Waals surface area contributed by atoms with Crippen molar-refractivity contribution in [2.45, 2.75) is 39.7 Å². The Morgan fingerprint density at radius 2 is 2.07 bits per heavy atom. The number of anilines is 3. The van der Waals surface area contributed by atoms with E-state index in [1.165, 1.54) is 12.0 Å². The van der Waals surface area contributed by atoms with E-state index in [0.29, 0.717) is 18.1 Å². The second-order valence-electron chi connectivity index (χ2n) is 6.93. The highest BCUT2D eigenvalue weighted by molar-refractivity contribution is 5.93. The fourth-order valence-electron chi connectivity index (χ4n) is 3.36. The molecule has 1 unspecified atom stereocenters. The molecule has 2 aromatic rings. The van der Waals surface area contributed by atoms with Crippen molar-refractivity contribution in [3.63, 3.8) is 0 Å². The van der Waals surface area contributed by atoms with Crippen LogP contribution in [0.15, 0.2) is 30.6 Å². The minimum Gasteiger partial charge on any atom is -0.376 e. The third kappa shape index (κ3) is 4.98. The highest BCUT2D eigenvalue weighted by Crippen LogP contribution is 2.25. The number of nitrogens with zero attached hydrogens (tertiary/aromatic N) is 3. The van der Waals surface area contributed by atoms with E-state index in [1.54, 1.807) is 6.07 Å². The lowest BCUT2D eigenvalue weighted by atomic mass is 10.1. The molecule has 7 heteroatoms. The first-order chi connectivity index (χ1) is 13.6. The number of hydrogen-bond donors (Lipinski definition) is 2. The number of aryl methyl sites for hydroxylation is 1. The molecule has 7 nitrogen and oxygen atoms in total. The summed E-state index contributed by atoms with van der Waals surface area (Å²) in [6, 6.07) is 7.97. The summed E-state index contributed by atoms with van der Waals surface area (Å²) in [6.07, 6.45) is 3.55. The largest absolute Gasteiger partial charge is 0.376 e. The summed E-state index contributed by atoms with van der Waals surface area (Å²) in [5.74, 6) is 0.380. The van der Waals surface area contributed by atoms with E-state index in [0.717, 1.165) is 43.8 Å². The van der Waals surface area contributed by atoms with Gasteiger partial charge in [-0.3, -0.25) is 4.79 Å². The number of benzene rings is 1. The van der Waals surface area contributed by atoms with Gasteiger partial charge in [-0.15, -0.1) is 0 Å². The molecule has 1 aliphatic heterocycles. The molecule has 0 saturated carbocycles. The number of rotatable bonds is 8. The molecule has 28 heavy (non-hydrogen) atoms. The van der Waals surface area contributed by atoms with Gasteiger partial charge < -0.3 is 20.3 Å². The Bertz CT molecular complexity index is 801. The van der Waals surface area contributed by atoms with Gasteiger partial charge in [0, 0.05) is 43.7 Å². The van der Waals surface area contributed by atoms with E-state index >= 15 is 0 Å². The van der Waals surface area contributed by atoms with Gasteiger partial charge in [0.25, 0.3) is 5.91 Å². The summed E-state index contributed by atoms with van der Waals surface area (Å²) in [5, 5.41) is 6.18. The van der Waals surface area contributed by atoms with Crippen LogP contribution in [0.5, 0.6) is 0 Å². The fraction of sp³-hybridized carbons (Fsp3) is 0.476. The highest BCUT2D eigenvalue weighted by atomic mass is 16.5. The van der Waals surface area contributed by atoms with Crippen molar-refractivity contribution in [1.29, 1.82) is 0 Å². The van der Waals surface area contributed by atoms with Crippen molar-refractivity contribution >= 4 is 23.1 Å². The lowest BCUT2D eigenvalue weighted by molar-refractivity contribution is 0.0853. The number of aromatic nitrogens is 2. The number of ether oxygens (including phenoxy) is 1. The number of carbonyl (C=O) groups is 1. The molecule has 1 aliphatic rings. The van der Waals surface area contributed by atoms with Crippen LogP contribution in [-0.2, 0) is 4.74 Å². The van der Waals surface area contributed by atoms with Crippen molar-refractivity contribution in [3.05, 3.63) is 41.9 Å². The van der Waals surface area contributed by atoms with Crippen LogP contribution in [-0.4, -0.2) is 48.2 Å². The first kappa shape index (κ1) is 20.1. The zero-order valence-corrected chi connectivity index (χ0v) is 16.9. The Labute approximate surface area is 166 Å². The molecule has 2 N–H and O–H groups in total. The predicted molar refractivity (Wildman–Crippen MR) is 111 cm³/mol. The second kappa shape index (κ2) is 9.50. The maximum absolute atomic E-state index is 12.4. The van der Waals surface area contributed by atoms with Gasteiger partial charge in [0.05, 0.1) is 6.10 Å². The van der Waals surface area contributed by atoms with Crippen molar-refractivity contribution < 1.29 is 9.53 Å². The number of carbonyl (C=O) groups excluding carboxylic acids is 1. The van der Waals surface area contributed by atoms with Crippen LogP contribution in [0.2, 0.25) is 0 Å². The Balaban J connectivity index is 1.66. The molecule has 3 rings (SSSR count). The van der Waals surface area contributed by atoms with Gasteiger partial charge in [0.2, 0.25) is 0 Å². The van der Waals surface area contributed by atoms with Crippen LogP contribution < -0.4 is 15.5 Å².